The number of nitrogens with one attached hydrogen (secondary N) is 1. The lowest BCUT2D eigenvalue weighted by molar-refractivity contribution is 0.852. The van der Waals surface area contributed by atoms with Crippen molar-refractivity contribution >= 4 is 27.5 Å². The third kappa shape index (κ3) is 2.88. The molecule has 1 unspecified atom stereocenters. The Kier molecular flexibility index (Phi) is 3.59. The molecule has 0 aliphatic heterocycles. The van der Waals surface area contributed by atoms with Crippen molar-refractivity contribution in [3.63, 3.8) is 0 Å². The van der Waals surface area contributed by atoms with E-state index in [4.69, 9.17) is 5.26 Å². The van der Waals surface area contributed by atoms with Gasteiger partial charge in [-0.15, -0.1) is 5.10 Å². The molecule has 21 heavy (non-hydrogen) atoms. The van der Waals surface area contributed by atoms with Crippen LogP contribution in [-0.2, 0) is 0 Å². The second kappa shape index (κ2) is 5.54. The Bertz CT molecular complexity index is 816. The number of nitriles is 1. The van der Waals surface area contributed by atoms with Crippen molar-refractivity contribution in [1.82, 2.24) is 14.6 Å². The summed E-state index contributed by atoms with van der Waals surface area (Å²) in [6.07, 6.45) is 1.86. The van der Waals surface area contributed by atoms with Gasteiger partial charge < -0.3 is 5.32 Å². The molecule has 6 heteroatoms. The van der Waals surface area contributed by atoms with E-state index in [2.05, 4.69) is 37.4 Å². The van der Waals surface area contributed by atoms with Crippen molar-refractivity contribution in [2.24, 2.45) is 0 Å². The van der Waals surface area contributed by atoms with Crippen LogP contribution in [0.15, 0.2) is 47.1 Å². The standard InChI is InChI=1S/C15H12BrN5/c1-10(12-4-2-11(8-17)3-5-12)18-15-19-14-7-6-13(16)9-21(14)20-15/h2-7,9-10H,1H3,(H,18,20). The molecular weight excluding hydrogens is 330 g/mol. The first-order chi connectivity index (χ1) is 10.2. The molecule has 1 N–H and O–H groups in total. The first-order valence-electron chi connectivity index (χ1n) is 6.44. The fourth-order valence-electron chi connectivity index (χ4n) is 2.04. The van der Waals surface area contributed by atoms with Gasteiger partial charge in [-0.25, -0.2) is 4.52 Å². The van der Waals surface area contributed by atoms with Gasteiger partial charge in [0, 0.05) is 10.7 Å². The lowest BCUT2D eigenvalue weighted by Gasteiger charge is -2.12. The van der Waals surface area contributed by atoms with Gasteiger partial charge in [0.1, 0.15) is 0 Å². The third-order valence-corrected chi connectivity index (χ3v) is 3.65. The molecule has 0 saturated carbocycles. The van der Waals surface area contributed by atoms with Crippen LogP contribution >= 0.6 is 15.9 Å². The van der Waals surface area contributed by atoms with E-state index in [-0.39, 0.29) is 6.04 Å². The summed E-state index contributed by atoms with van der Waals surface area (Å²) in [6.45, 7) is 2.03. The second-order valence-electron chi connectivity index (χ2n) is 4.69. The highest BCUT2D eigenvalue weighted by molar-refractivity contribution is 9.10. The lowest BCUT2D eigenvalue weighted by atomic mass is 10.1. The molecule has 0 fully saturated rings. The van der Waals surface area contributed by atoms with Crippen LogP contribution in [0, 0.1) is 11.3 Å². The van der Waals surface area contributed by atoms with Gasteiger partial charge in [-0.1, -0.05) is 12.1 Å². The Morgan fingerprint density at radius 1 is 1.24 bits per heavy atom. The number of halogens is 1. The van der Waals surface area contributed by atoms with E-state index in [0.29, 0.717) is 11.5 Å². The van der Waals surface area contributed by atoms with Crippen LogP contribution in [0.25, 0.3) is 5.65 Å². The number of aromatic nitrogens is 3. The zero-order valence-corrected chi connectivity index (χ0v) is 12.9. The normalized spacial score (nSPS) is 12.0. The first-order valence-corrected chi connectivity index (χ1v) is 7.23. The fraction of sp³-hybridized carbons (Fsp3) is 0.133. The van der Waals surface area contributed by atoms with E-state index < -0.39 is 0 Å². The van der Waals surface area contributed by atoms with Crippen LogP contribution in [0.2, 0.25) is 0 Å². The average molecular weight is 342 g/mol. The largest absolute Gasteiger partial charge is 0.346 e. The molecule has 0 amide bonds. The van der Waals surface area contributed by atoms with E-state index in [9.17, 15) is 0 Å². The fourth-order valence-corrected chi connectivity index (χ4v) is 2.37. The second-order valence-corrected chi connectivity index (χ2v) is 5.60. The quantitative estimate of drug-likeness (QED) is 0.791. The predicted molar refractivity (Wildman–Crippen MR) is 83.9 cm³/mol. The molecule has 5 nitrogen and oxygen atoms in total. The average Bonchev–Trinajstić information content (AvgIpc) is 2.88. The Balaban J connectivity index is 1.81. The smallest absolute Gasteiger partial charge is 0.243 e. The Labute approximate surface area is 130 Å². The Hall–Kier alpha value is -2.39. The number of rotatable bonds is 3. The minimum absolute atomic E-state index is 0.0543. The van der Waals surface area contributed by atoms with E-state index >= 15 is 0 Å². The zero-order chi connectivity index (χ0) is 14.8. The van der Waals surface area contributed by atoms with Crippen molar-refractivity contribution < 1.29 is 0 Å². The molecule has 0 bridgehead atoms. The molecule has 3 rings (SSSR count). The van der Waals surface area contributed by atoms with Crippen molar-refractivity contribution in [3.8, 4) is 6.07 Å². The van der Waals surface area contributed by atoms with E-state index in [1.165, 1.54) is 0 Å². The van der Waals surface area contributed by atoms with Crippen molar-refractivity contribution in [3.05, 3.63) is 58.2 Å². The molecule has 0 aliphatic carbocycles. The highest BCUT2D eigenvalue weighted by Gasteiger charge is 2.09. The van der Waals surface area contributed by atoms with Crippen molar-refractivity contribution in [2.45, 2.75) is 13.0 Å². The van der Waals surface area contributed by atoms with Gasteiger partial charge in [0.25, 0.3) is 0 Å². The molecule has 3 aromatic rings. The number of fused-ring (bicyclic) bond motifs is 1. The molecule has 0 spiro atoms. The summed E-state index contributed by atoms with van der Waals surface area (Å²) in [5, 5.41) is 16.5. The minimum Gasteiger partial charge on any atom is -0.346 e. The highest BCUT2D eigenvalue weighted by atomic mass is 79.9. The Morgan fingerprint density at radius 2 is 2.00 bits per heavy atom. The van der Waals surface area contributed by atoms with Gasteiger partial charge >= 0.3 is 0 Å². The lowest BCUT2D eigenvalue weighted by Crippen LogP contribution is -2.07. The molecule has 1 atom stereocenters. The van der Waals surface area contributed by atoms with Gasteiger partial charge in [-0.2, -0.15) is 10.2 Å². The number of pyridine rings is 1. The van der Waals surface area contributed by atoms with Gasteiger partial charge in [-0.3, -0.25) is 0 Å². The Morgan fingerprint density at radius 3 is 2.71 bits per heavy atom. The summed E-state index contributed by atoms with van der Waals surface area (Å²) in [6, 6.07) is 13.5. The molecular formula is C15H12BrN5. The molecule has 104 valence electrons. The van der Waals surface area contributed by atoms with Crippen LogP contribution in [0.5, 0.6) is 0 Å². The van der Waals surface area contributed by atoms with E-state index in [1.807, 2.05) is 49.5 Å². The highest BCUT2D eigenvalue weighted by Crippen LogP contribution is 2.18. The van der Waals surface area contributed by atoms with Crippen LogP contribution in [0.3, 0.4) is 0 Å². The maximum Gasteiger partial charge on any atom is 0.243 e. The van der Waals surface area contributed by atoms with Gasteiger partial charge in [-0.05, 0) is 52.7 Å². The van der Waals surface area contributed by atoms with Crippen LogP contribution < -0.4 is 5.32 Å². The molecule has 0 radical (unpaired) electrons. The third-order valence-electron chi connectivity index (χ3n) is 3.18. The molecule has 2 aromatic heterocycles. The first kappa shape index (κ1) is 13.6. The van der Waals surface area contributed by atoms with E-state index in [1.54, 1.807) is 4.52 Å². The van der Waals surface area contributed by atoms with Crippen LogP contribution in [0.4, 0.5) is 5.95 Å². The van der Waals surface area contributed by atoms with Crippen LogP contribution in [0.1, 0.15) is 24.1 Å². The van der Waals surface area contributed by atoms with Crippen molar-refractivity contribution in [2.75, 3.05) is 5.32 Å². The number of nitrogens with zero attached hydrogens (tertiary/aromatic N) is 4. The SMILES string of the molecule is CC(Nc1nc2ccc(Br)cn2n1)c1ccc(C#N)cc1. The summed E-state index contributed by atoms with van der Waals surface area (Å²) in [5.74, 6) is 0.574. The van der Waals surface area contributed by atoms with E-state index in [0.717, 1.165) is 15.7 Å². The predicted octanol–water partition coefficient (Wildman–Crippen LogP) is 3.54. The van der Waals surface area contributed by atoms with Gasteiger partial charge in [0.15, 0.2) is 5.65 Å². The summed E-state index contributed by atoms with van der Waals surface area (Å²) in [5.41, 5.74) is 2.52. The number of anilines is 1. The minimum atomic E-state index is 0.0543. The maximum absolute atomic E-state index is 8.81. The van der Waals surface area contributed by atoms with Gasteiger partial charge in [0.2, 0.25) is 5.95 Å². The summed E-state index contributed by atoms with van der Waals surface area (Å²) in [7, 11) is 0. The zero-order valence-electron chi connectivity index (χ0n) is 11.3. The molecule has 0 aliphatic rings. The number of hydrogen-bond acceptors (Lipinski definition) is 4. The van der Waals surface area contributed by atoms with Crippen molar-refractivity contribution in [1.29, 1.82) is 5.26 Å². The van der Waals surface area contributed by atoms with Crippen LogP contribution in [-0.4, -0.2) is 14.6 Å². The van der Waals surface area contributed by atoms with Gasteiger partial charge in [0.05, 0.1) is 17.7 Å². The number of benzene rings is 1. The molecule has 1 aromatic carbocycles. The monoisotopic (exact) mass is 341 g/mol. The maximum atomic E-state index is 8.81. The summed E-state index contributed by atoms with van der Waals surface area (Å²) < 4.78 is 2.67. The summed E-state index contributed by atoms with van der Waals surface area (Å²) >= 11 is 3.41. The topological polar surface area (TPSA) is 66.0 Å². The molecule has 0 saturated heterocycles. The molecule has 2 heterocycles. The number of hydrogen-bond donors (Lipinski definition) is 1. The summed E-state index contributed by atoms with van der Waals surface area (Å²) in [4.78, 5) is 4.42.